The van der Waals surface area contributed by atoms with Crippen LogP contribution in [0.15, 0.2) is 51.7 Å². The number of rotatable bonds is 4. The second-order valence-electron chi connectivity index (χ2n) is 6.27. The third-order valence-electron chi connectivity index (χ3n) is 4.07. The summed E-state index contributed by atoms with van der Waals surface area (Å²) in [4.78, 5) is 12.4. The number of nitrogens with one attached hydrogen (secondary N) is 1. The Kier molecular flexibility index (Phi) is 4.37. The van der Waals surface area contributed by atoms with E-state index >= 15 is 0 Å². The van der Waals surface area contributed by atoms with Crippen LogP contribution in [0.25, 0.3) is 21.5 Å². The highest BCUT2D eigenvalue weighted by molar-refractivity contribution is 7.18. The van der Waals surface area contributed by atoms with E-state index in [0.29, 0.717) is 27.0 Å². The molecule has 0 fully saturated rings. The molecule has 1 N–H and O–H groups in total. The molecule has 2 aromatic heterocycles. The van der Waals surface area contributed by atoms with Gasteiger partial charge >= 0.3 is 5.63 Å². The van der Waals surface area contributed by atoms with Crippen molar-refractivity contribution in [3.05, 3.63) is 64.0 Å². The van der Waals surface area contributed by atoms with Gasteiger partial charge in [-0.25, -0.2) is 4.79 Å². The summed E-state index contributed by atoms with van der Waals surface area (Å²) in [6, 6.07) is 13.2. The summed E-state index contributed by atoms with van der Waals surface area (Å²) in [7, 11) is 1.59. The standard InChI is InChI=1S/C20H17N3O3S/c1-11-6-12(2)8-14(7-11)21-20-23-22-18(27-20)16-10-13-9-15(25-3)4-5-17(13)26-19(16)24/h4-10H,1-3H3,(H,21,23). The number of ether oxygens (including phenoxy) is 1. The van der Waals surface area contributed by atoms with E-state index in [4.69, 9.17) is 9.15 Å². The molecule has 0 saturated heterocycles. The van der Waals surface area contributed by atoms with Crippen LogP contribution in [0.4, 0.5) is 10.8 Å². The molecule has 136 valence electrons. The van der Waals surface area contributed by atoms with Gasteiger partial charge in [0.15, 0.2) is 5.01 Å². The number of aromatic nitrogens is 2. The number of hydrogen-bond acceptors (Lipinski definition) is 7. The lowest BCUT2D eigenvalue weighted by molar-refractivity contribution is 0.415. The molecule has 0 radical (unpaired) electrons. The van der Waals surface area contributed by atoms with Crippen LogP contribution in [-0.4, -0.2) is 17.3 Å². The van der Waals surface area contributed by atoms with Crippen molar-refractivity contribution in [3.63, 3.8) is 0 Å². The minimum Gasteiger partial charge on any atom is -0.497 e. The lowest BCUT2D eigenvalue weighted by atomic mass is 10.1. The zero-order valence-electron chi connectivity index (χ0n) is 15.1. The Balaban J connectivity index is 1.70. The summed E-state index contributed by atoms with van der Waals surface area (Å²) in [5.74, 6) is 0.691. The topological polar surface area (TPSA) is 77.2 Å². The van der Waals surface area contributed by atoms with E-state index in [1.54, 1.807) is 25.3 Å². The Hall–Kier alpha value is -3.19. The molecule has 0 aliphatic carbocycles. The maximum Gasteiger partial charge on any atom is 0.346 e. The van der Waals surface area contributed by atoms with Crippen molar-refractivity contribution in [2.75, 3.05) is 12.4 Å². The Labute approximate surface area is 159 Å². The average molecular weight is 379 g/mol. The van der Waals surface area contributed by atoms with Crippen molar-refractivity contribution < 1.29 is 9.15 Å². The van der Waals surface area contributed by atoms with E-state index in [1.807, 2.05) is 32.0 Å². The van der Waals surface area contributed by atoms with Gasteiger partial charge in [-0.2, -0.15) is 0 Å². The molecule has 0 bridgehead atoms. The largest absolute Gasteiger partial charge is 0.497 e. The van der Waals surface area contributed by atoms with E-state index in [2.05, 4.69) is 21.6 Å². The molecule has 0 unspecified atom stereocenters. The SMILES string of the molecule is COc1ccc2oc(=O)c(-c3nnc(Nc4cc(C)cc(C)c4)s3)cc2c1. The zero-order chi connectivity index (χ0) is 19.0. The summed E-state index contributed by atoms with van der Waals surface area (Å²) in [6.45, 7) is 4.08. The molecule has 7 heteroatoms. The molecule has 0 amide bonds. The molecule has 0 aliphatic heterocycles. The Morgan fingerprint density at radius 3 is 2.56 bits per heavy atom. The second-order valence-corrected chi connectivity index (χ2v) is 7.24. The van der Waals surface area contributed by atoms with Crippen LogP contribution in [0.1, 0.15) is 11.1 Å². The molecule has 0 saturated carbocycles. The van der Waals surface area contributed by atoms with E-state index in [0.717, 1.165) is 22.2 Å². The van der Waals surface area contributed by atoms with Crippen molar-refractivity contribution in [3.8, 4) is 16.3 Å². The van der Waals surface area contributed by atoms with Crippen LogP contribution < -0.4 is 15.7 Å². The maximum atomic E-state index is 12.4. The molecular formula is C20H17N3O3S. The number of fused-ring (bicyclic) bond motifs is 1. The quantitative estimate of drug-likeness (QED) is 0.519. The van der Waals surface area contributed by atoms with Crippen LogP contribution in [0, 0.1) is 13.8 Å². The Morgan fingerprint density at radius 2 is 1.81 bits per heavy atom. The van der Waals surface area contributed by atoms with Crippen molar-refractivity contribution in [1.82, 2.24) is 10.2 Å². The molecule has 0 atom stereocenters. The molecule has 2 aromatic carbocycles. The summed E-state index contributed by atoms with van der Waals surface area (Å²) in [5, 5.41) is 13.4. The van der Waals surface area contributed by atoms with E-state index in [1.165, 1.54) is 11.3 Å². The van der Waals surface area contributed by atoms with Gasteiger partial charge in [0.05, 0.1) is 12.7 Å². The third kappa shape index (κ3) is 3.54. The average Bonchev–Trinajstić information content (AvgIpc) is 3.08. The third-order valence-corrected chi connectivity index (χ3v) is 4.94. The minimum absolute atomic E-state index is 0.377. The molecule has 2 heterocycles. The monoisotopic (exact) mass is 379 g/mol. The predicted octanol–water partition coefficient (Wildman–Crippen LogP) is 4.68. The number of aryl methyl sites for hydroxylation is 2. The fourth-order valence-corrected chi connectivity index (χ4v) is 3.70. The molecule has 27 heavy (non-hydrogen) atoms. The van der Waals surface area contributed by atoms with Gasteiger partial charge in [-0.05, 0) is 61.4 Å². The summed E-state index contributed by atoms with van der Waals surface area (Å²) >= 11 is 1.30. The summed E-state index contributed by atoms with van der Waals surface area (Å²) < 4.78 is 10.6. The van der Waals surface area contributed by atoms with Gasteiger partial charge in [-0.3, -0.25) is 0 Å². The highest BCUT2D eigenvalue weighted by atomic mass is 32.1. The summed E-state index contributed by atoms with van der Waals surface area (Å²) in [6.07, 6.45) is 0. The maximum absolute atomic E-state index is 12.4. The highest BCUT2D eigenvalue weighted by Gasteiger charge is 2.14. The molecule has 0 spiro atoms. The van der Waals surface area contributed by atoms with E-state index in [-0.39, 0.29) is 0 Å². The van der Waals surface area contributed by atoms with Gasteiger partial charge in [-0.1, -0.05) is 17.4 Å². The first kappa shape index (κ1) is 17.2. The number of benzene rings is 2. The van der Waals surface area contributed by atoms with Crippen LogP contribution in [-0.2, 0) is 0 Å². The van der Waals surface area contributed by atoms with Gasteiger partial charge < -0.3 is 14.5 Å². The first-order valence-electron chi connectivity index (χ1n) is 8.33. The molecule has 4 rings (SSSR count). The molecule has 0 aliphatic rings. The normalized spacial score (nSPS) is 10.9. The van der Waals surface area contributed by atoms with E-state index < -0.39 is 5.63 Å². The Bertz CT molecular complexity index is 1180. The number of methoxy groups -OCH3 is 1. The number of hydrogen-bond donors (Lipinski definition) is 1. The van der Waals surface area contributed by atoms with Gasteiger partial charge in [-0.15, -0.1) is 10.2 Å². The Morgan fingerprint density at radius 1 is 1.04 bits per heavy atom. The smallest absolute Gasteiger partial charge is 0.346 e. The number of anilines is 2. The minimum atomic E-state index is -0.443. The zero-order valence-corrected chi connectivity index (χ0v) is 15.9. The second kappa shape index (κ2) is 6.85. The van der Waals surface area contributed by atoms with Gasteiger partial charge in [0.1, 0.15) is 11.3 Å². The van der Waals surface area contributed by atoms with Gasteiger partial charge in [0.2, 0.25) is 5.13 Å². The first-order valence-corrected chi connectivity index (χ1v) is 9.14. The fraction of sp³-hybridized carbons (Fsp3) is 0.150. The first-order chi connectivity index (χ1) is 13.0. The van der Waals surface area contributed by atoms with Crippen LogP contribution in [0.5, 0.6) is 5.75 Å². The predicted molar refractivity (Wildman–Crippen MR) is 107 cm³/mol. The molecular weight excluding hydrogens is 362 g/mol. The van der Waals surface area contributed by atoms with E-state index in [9.17, 15) is 4.79 Å². The van der Waals surface area contributed by atoms with Crippen LogP contribution >= 0.6 is 11.3 Å². The van der Waals surface area contributed by atoms with Crippen LogP contribution in [0.3, 0.4) is 0 Å². The van der Waals surface area contributed by atoms with Gasteiger partial charge in [0, 0.05) is 11.1 Å². The summed E-state index contributed by atoms with van der Waals surface area (Å²) in [5.41, 5.74) is 3.69. The molecule has 4 aromatic rings. The van der Waals surface area contributed by atoms with Crippen molar-refractivity contribution in [2.45, 2.75) is 13.8 Å². The molecule has 6 nitrogen and oxygen atoms in total. The highest BCUT2D eigenvalue weighted by Crippen LogP contribution is 2.29. The number of nitrogens with zero attached hydrogens (tertiary/aromatic N) is 2. The van der Waals surface area contributed by atoms with Gasteiger partial charge in [0.25, 0.3) is 0 Å². The lowest BCUT2D eigenvalue weighted by Crippen LogP contribution is -2.02. The fourth-order valence-electron chi connectivity index (χ4n) is 2.93. The van der Waals surface area contributed by atoms with Crippen LogP contribution in [0.2, 0.25) is 0 Å². The lowest BCUT2D eigenvalue weighted by Gasteiger charge is -2.04. The van der Waals surface area contributed by atoms with Crippen molar-refractivity contribution in [2.24, 2.45) is 0 Å². The van der Waals surface area contributed by atoms with Crippen molar-refractivity contribution in [1.29, 1.82) is 0 Å². The van der Waals surface area contributed by atoms with Crippen molar-refractivity contribution >= 4 is 33.1 Å².